The van der Waals surface area contributed by atoms with Crippen molar-refractivity contribution >= 4 is 11.9 Å². The molecule has 0 fully saturated rings. The molecule has 7 heteroatoms. The summed E-state index contributed by atoms with van der Waals surface area (Å²) in [6.07, 6.45) is -2.07. The lowest BCUT2D eigenvalue weighted by atomic mass is 10.1. The number of carboxylic acid groups (broad SMARTS) is 1. The summed E-state index contributed by atoms with van der Waals surface area (Å²) in [6, 6.07) is 3.08. The van der Waals surface area contributed by atoms with Crippen molar-refractivity contribution in [1.82, 2.24) is 5.32 Å². The predicted octanol–water partition coefficient (Wildman–Crippen LogP) is 0.469. The second-order valence-electron chi connectivity index (χ2n) is 4.87. The fourth-order valence-corrected chi connectivity index (χ4v) is 2.22. The van der Waals surface area contributed by atoms with Crippen molar-refractivity contribution in [3.05, 3.63) is 29.6 Å². The number of ether oxygens (including phenoxy) is 1. The molecule has 0 bridgehead atoms. The molecular formula is C14H16FNO5. The zero-order valence-electron chi connectivity index (χ0n) is 11.4. The maximum absolute atomic E-state index is 13.1. The van der Waals surface area contributed by atoms with Crippen molar-refractivity contribution in [1.29, 1.82) is 0 Å². The minimum absolute atomic E-state index is 0.207. The van der Waals surface area contributed by atoms with E-state index in [2.05, 4.69) is 5.32 Å². The molecule has 6 nitrogen and oxygen atoms in total. The number of rotatable bonds is 5. The largest absolute Gasteiger partial charge is 0.480 e. The number of hydrogen-bond donors (Lipinski definition) is 3. The van der Waals surface area contributed by atoms with Crippen LogP contribution in [0.3, 0.4) is 0 Å². The van der Waals surface area contributed by atoms with E-state index in [0.29, 0.717) is 11.3 Å². The molecule has 1 aromatic carbocycles. The van der Waals surface area contributed by atoms with Crippen LogP contribution in [0, 0.1) is 5.82 Å². The Kier molecular flexibility index (Phi) is 4.42. The van der Waals surface area contributed by atoms with Crippen molar-refractivity contribution < 1.29 is 28.9 Å². The van der Waals surface area contributed by atoms with Gasteiger partial charge in [0.2, 0.25) is 0 Å². The third-order valence-corrected chi connectivity index (χ3v) is 3.39. The smallest absolute Gasteiger partial charge is 0.334 e. The Balaban J connectivity index is 2.01. The van der Waals surface area contributed by atoms with E-state index in [0.717, 1.165) is 0 Å². The molecule has 1 heterocycles. The molecule has 2 rings (SSSR count). The predicted molar refractivity (Wildman–Crippen MR) is 70.4 cm³/mol. The number of carboxylic acids is 1. The highest BCUT2D eigenvalue weighted by atomic mass is 19.1. The average molecular weight is 297 g/mol. The van der Waals surface area contributed by atoms with Gasteiger partial charge in [-0.1, -0.05) is 6.92 Å². The van der Waals surface area contributed by atoms with Gasteiger partial charge in [-0.2, -0.15) is 0 Å². The van der Waals surface area contributed by atoms with Gasteiger partial charge >= 0.3 is 5.97 Å². The second-order valence-corrected chi connectivity index (χ2v) is 4.87. The summed E-state index contributed by atoms with van der Waals surface area (Å²) in [4.78, 5) is 22.8. The van der Waals surface area contributed by atoms with Gasteiger partial charge in [0, 0.05) is 12.0 Å². The van der Waals surface area contributed by atoms with Crippen molar-refractivity contribution in [2.45, 2.75) is 38.0 Å². The first kappa shape index (κ1) is 15.2. The molecule has 0 spiro atoms. The van der Waals surface area contributed by atoms with Gasteiger partial charge in [0.25, 0.3) is 5.91 Å². The van der Waals surface area contributed by atoms with Crippen molar-refractivity contribution in [3.63, 3.8) is 0 Å². The van der Waals surface area contributed by atoms with E-state index < -0.39 is 35.9 Å². The van der Waals surface area contributed by atoms with Gasteiger partial charge in [-0.25, -0.2) is 9.18 Å². The van der Waals surface area contributed by atoms with Crippen LogP contribution in [0.2, 0.25) is 0 Å². The number of carbonyl (C=O) groups is 2. The van der Waals surface area contributed by atoms with Crippen molar-refractivity contribution in [3.8, 4) is 5.75 Å². The first-order valence-corrected chi connectivity index (χ1v) is 6.58. The highest BCUT2D eigenvalue weighted by Crippen LogP contribution is 2.29. The second kappa shape index (κ2) is 6.09. The van der Waals surface area contributed by atoms with Gasteiger partial charge in [0.1, 0.15) is 11.6 Å². The van der Waals surface area contributed by atoms with Crippen LogP contribution in [0.1, 0.15) is 18.9 Å². The number of aliphatic carboxylic acids is 1. The molecule has 21 heavy (non-hydrogen) atoms. The van der Waals surface area contributed by atoms with E-state index in [1.165, 1.54) is 18.2 Å². The standard InChI is InChI=1S/C14H16FNO5/c1-2-9(12(17)14(19)20)16-13(18)11-6-7-5-8(15)3-4-10(7)21-11/h3-5,9,11-12,17H,2,6H2,1H3,(H,16,18)(H,19,20). The fourth-order valence-electron chi connectivity index (χ4n) is 2.22. The van der Waals surface area contributed by atoms with Crippen LogP contribution in [0.4, 0.5) is 4.39 Å². The normalized spacial score (nSPS) is 19.3. The molecular weight excluding hydrogens is 281 g/mol. The van der Waals surface area contributed by atoms with Crippen LogP contribution >= 0.6 is 0 Å². The highest BCUT2D eigenvalue weighted by Gasteiger charge is 2.33. The lowest BCUT2D eigenvalue weighted by Gasteiger charge is -2.21. The van der Waals surface area contributed by atoms with Gasteiger partial charge < -0.3 is 20.3 Å². The van der Waals surface area contributed by atoms with E-state index in [1.54, 1.807) is 6.92 Å². The number of nitrogens with one attached hydrogen (secondary N) is 1. The molecule has 114 valence electrons. The summed E-state index contributed by atoms with van der Waals surface area (Å²) in [5.41, 5.74) is 0.585. The SMILES string of the molecule is CCC(NC(=O)C1Cc2cc(F)ccc2O1)C(O)C(=O)O. The molecule has 1 aliphatic heterocycles. The number of hydrogen-bond acceptors (Lipinski definition) is 4. The number of aliphatic hydroxyl groups is 1. The lowest BCUT2D eigenvalue weighted by Crippen LogP contribution is -2.50. The van der Waals surface area contributed by atoms with Crippen molar-refractivity contribution in [2.75, 3.05) is 0 Å². The molecule has 3 unspecified atom stereocenters. The van der Waals surface area contributed by atoms with E-state index in [-0.39, 0.29) is 12.8 Å². The molecule has 0 aromatic heterocycles. The maximum Gasteiger partial charge on any atom is 0.334 e. The molecule has 1 aliphatic rings. The van der Waals surface area contributed by atoms with Gasteiger partial charge in [-0.3, -0.25) is 4.79 Å². The van der Waals surface area contributed by atoms with Crippen LogP contribution in [0.25, 0.3) is 0 Å². The Labute approximate surface area is 120 Å². The Morgan fingerprint density at radius 2 is 2.24 bits per heavy atom. The first-order chi connectivity index (χ1) is 9.92. The lowest BCUT2D eigenvalue weighted by molar-refractivity contribution is -0.149. The van der Waals surface area contributed by atoms with Gasteiger partial charge in [0.15, 0.2) is 12.2 Å². The molecule has 0 saturated carbocycles. The molecule has 0 saturated heterocycles. The summed E-state index contributed by atoms with van der Waals surface area (Å²) in [6.45, 7) is 1.65. The zero-order valence-corrected chi connectivity index (χ0v) is 11.4. The van der Waals surface area contributed by atoms with Gasteiger partial charge in [-0.05, 0) is 24.6 Å². The fraction of sp³-hybridized carbons (Fsp3) is 0.429. The van der Waals surface area contributed by atoms with Crippen molar-refractivity contribution in [2.24, 2.45) is 0 Å². The topological polar surface area (TPSA) is 95.9 Å². The number of benzene rings is 1. The molecule has 1 amide bonds. The number of halogens is 1. The summed E-state index contributed by atoms with van der Waals surface area (Å²) < 4.78 is 18.5. The van der Waals surface area contributed by atoms with E-state index in [9.17, 15) is 19.1 Å². The number of fused-ring (bicyclic) bond motifs is 1. The molecule has 3 atom stereocenters. The first-order valence-electron chi connectivity index (χ1n) is 6.58. The third-order valence-electron chi connectivity index (χ3n) is 3.39. The van der Waals surface area contributed by atoms with Crippen LogP contribution in [-0.4, -0.2) is 40.3 Å². The minimum Gasteiger partial charge on any atom is -0.480 e. The zero-order chi connectivity index (χ0) is 15.6. The molecule has 1 aromatic rings. The van der Waals surface area contributed by atoms with E-state index in [1.807, 2.05) is 0 Å². The number of amides is 1. The third kappa shape index (κ3) is 3.30. The number of aliphatic hydroxyl groups excluding tert-OH is 1. The number of carbonyl (C=O) groups excluding carboxylic acids is 1. The Morgan fingerprint density at radius 1 is 1.52 bits per heavy atom. The average Bonchev–Trinajstić information content (AvgIpc) is 2.86. The maximum atomic E-state index is 13.1. The monoisotopic (exact) mass is 297 g/mol. The summed E-state index contributed by atoms with van der Waals surface area (Å²) >= 11 is 0. The van der Waals surface area contributed by atoms with Gasteiger partial charge in [0.05, 0.1) is 6.04 Å². The Morgan fingerprint density at radius 3 is 2.86 bits per heavy atom. The van der Waals surface area contributed by atoms with Crippen LogP contribution in [0.5, 0.6) is 5.75 Å². The Hall–Kier alpha value is -2.15. The van der Waals surface area contributed by atoms with Crippen LogP contribution in [-0.2, 0) is 16.0 Å². The van der Waals surface area contributed by atoms with Crippen LogP contribution in [0.15, 0.2) is 18.2 Å². The highest BCUT2D eigenvalue weighted by molar-refractivity contribution is 5.84. The molecule has 0 aliphatic carbocycles. The molecule has 0 radical (unpaired) electrons. The Bertz CT molecular complexity index is 562. The van der Waals surface area contributed by atoms with E-state index in [4.69, 9.17) is 9.84 Å². The minimum atomic E-state index is -1.68. The summed E-state index contributed by atoms with van der Waals surface area (Å²) in [5, 5.41) is 20.7. The van der Waals surface area contributed by atoms with Crippen LogP contribution < -0.4 is 10.1 Å². The summed E-state index contributed by atoms with van der Waals surface area (Å²) in [5.74, 6) is -1.91. The quantitative estimate of drug-likeness (QED) is 0.734. The van der Waals surface area contributed by atoms with Gasteiger partial charge in [-0.15, -0.1) is 0 Å². The molecule has 3 N–H and O–H groups in total. The summed E-state index contributed by atoms with van der Waals surface area (Å²) in [7, 11) is 0. The van der Waals surface area contributed by atoms with E-state index >= 15 is 0 Å².